The molecule has 0 aromatic heterocycles. The summed E-state index contributed by atoms with van der Waals surface area (Å²) >= 11 is 1.58. The number of hydrogen-bond donors (Lipinski definition) is 1. The van der Waals surface area contributed by atoms with Crippen LogP contribution in [0.1, 0.15) is 32.4 Å². The lowest BCUT2D eigenvalue weighted by Gasteiger charge is -2.17. The predicted molar refractivity (Wildman–Crippen MR) is 88.0 cm³/mol. The van der Waals surface area contributed by atoms with E-state index in [-0.39, 0.29) is 18.1 Å². The second-order valence-corrected chi connectivity index (χ2v) is 5.93. The van der Waals surface area contributed by atoms with Crippen LogP contribution in [0, 0.1) is 0 Å². The van der Waals surface area contributed by atoms with Crippen LogP contribution in [0.3, 0.4) is 0 Å². The SMILES string of the molecule is CCOC(=O)CSCC(NC)c1ccc(OC(C)C)cc1. The first kappa shape index (κ1) is 17.9. The minimum Gasteiger partial charge on any atom is -0.491 e. The van der Waals surface area contributed by atoms with Crippen molar-refractivity contribution in [2.45, 2.75) is 32.9 Å². The van der Waals surface area contributed by atoms with Crippen LogP contribution in [-0.2, 0) is 9.53 Å². The molecular weight excluding hydrogens is 286 g/mol. The Morgan fingerprint density at radius 3 is 2.48 bits per heavy atom. The molecule has 21 heavy (non-hydrogen) atoms. The number of carbonyl (C=O) groups excluding carboxylic acids is 1. The topological polar surface area (TPSA) is 47.6 Å². The third kappa shape index (κ3) is 6.87. The van der Waals surface area contributed by atoms with E-state index in [1.54, 1.807) is 11.8 Å². The predicted octanol–water partition coefficient (Wildman–Crippen LogP) is 3.03. The van der Waals surface area contributed by atoms with Crippen LogP contribution in [0.2, 0.25) is 0 Å². The molecular formula is C16H25NO3S. The summed E-state index contributed by atoms with van der Waals surface area (Å²) in [5.41, 5.74) is 1.19. The molecule has 0 spiro atoms. The van der Waals surface area contributed by atoms with Crippen molar-refractivity contribution in [3.05, 3.63) is 29.8 Å². The van der Waals surface area contributed by atoms with Crippen molar-refractivity contribution in [1.82, 2.24) is 5.32 Å². The Morgan fingerprint density at radius 2 is 1.95 bits per heavy atom. The molecule has 0 amide bonds. The summed E-state index contributed by atoms with van der Waals surface area (Å²) in [5, 5.41) is 3.27. The summed E-state index contributed by atoms with van der Waals surface area (Å²) in [6, 6.07) is 8.29. The van der Waals surface area contributed by atoms with Gasteiger partial charge in [-0.05, 0) is 45.5 Å². The first-order chi connectivity index (χ1) is 10.1. The van der Waals surface area contributed by atoms with Gasteiger partial charge in [0.15, 0.2) is 0 Å². The highest BCUT2D eigenvalue weighted by Crippen LogP contribution is 2.21. The Hall–Kier alpha value is -1.20. The van der Waals surface area contributed by atoms with Gasteiger partial charge in [-0.1, -0.05) is 12.1 Å². The van der Waals surface area contributed by atoms with E-state index in [2.05, 4.69) is 17.4 Å². The zero-order chi connectivity index (χ0) is 15.7. The number of thioether (sulfide) groups is 1. The fourth-order valence-corrected chi connectivity index (χ4v) is 2.82. The monoisotopic (exact) mass is 311 g/mol. The quantitative estimate of drug-likeness (QED) is 0.710. The van der Waals surface area contributed by atoms with E-state index in [0.717, 1.165) is 11.5 Å². The lowest BCUT2D eigenvalue weighted by Crippen LogP contribution is -2.20. The fourth-order valence-electron chi connectivity index (χ4n) is 1.86. The normalized spacial score (nSPS) is 12.2. The van der Waals surface area contributed by atoms with Crippen LogP contribution < -0.4 is 10.1 Å². The number of rotatable bonds is 9. The molecule has 118 valence electrons. The van der Waals surface area contributed by atoms with Crippen molar-refractivity contribution in [3.8, 4) is 5.75 Å². The molecule has 0 radical (unpaired) electrons. The summed E-state index contributed by atoms with van der Waals surface area (Å²) in [6.45, 7) is 6.28. The molecule has 1 aromatic rings. The van der Waals surface area contributed by atoms with E-state index in [1.165, 1.54) is 5.56 Å². The second kappa shape index (κ2) is 9.68. The molecule has 4 nitrogen and oxygen atoms in total. The van der Waals surface area contributed by atoms with E-state index < -0.39 is 0 Å². The van der Waals surface area contributed by atoms with Gasteiger partial charge in [0.05, 0.1) is 18.5 Å². The Labute approximate surface area is 131 Å². The van der Waals surface area contributed by atoms with Gasteiger partial charge in [0, 0.05) is 11.8 Å². The third-order valence-corrected chi connectivity index (χ3v) is 3.82. The number of carbonyl (C=O) groups is 1. The van der Waals surface area contributed by atoms with E-state index >= 15 is 0 Å². The maximum absolute atomic E-state index is 11.3. The second-order valence-electron chi connectivity index (χ2n) is 4.90. The van der Waals surface area contributed by atoms with E-state index in [9.17, 15) is 4.79 Å². The van der Waals surface area contributed by atoms with Gasteiger partial charge in [0.2, 0.25) is 0 Å². The summed E-state index contributed by atoms with van der Waals surface area (Å²) in [4.78, 5) is 11.3. The molecule has 1 N–H and O–H groups in total. The van der Waals surface area contributed by atoms with Gasteiger partial charge in [-0.3, -0.25) is 4.79 Å². The standard InChI is InChI=1S/C16H25NO3S/c1-5-19-16(18)11-21-10-15(17-4)13-6-8-14(9-7-13)20-12(2)3/h6-9,12,15,17H,5,10-11H2,1-4H3. The molecule has 5 heteroatoms. The molecule has 0 saturated carbocycles. The Balaban J connectivity index is 2.49. The summed E-state index contributed by atoms with van der Waals surface area (Å²) in [6.07, 6.45) is 0.177. The number of ether oxygens (including phenoxy) is 2. The smallest absolute Gasteiger partial charge is 0.315 e. The van der Waals surface area contributed by atoms with Crippen molar-refractivity contribution in [2.75, 3.05) is 25.2 Å². The van der Waals surface area contributed by atoms with Gasteiger partial charge in [0.25, 0.3) is 0 Å². The number of nitrogens with one attached hydrogen (secondary N) is 1. The van der Waals surface area contributed by atoms with Crippen molar-refractivity contribution in [1.29, 1.82) is 0 Å². The highest BCUT2D eigenvalue weighted by Gasteiger charge is 2.11. The molecule has 0 heterocycles. The summed E-state index contributed by atoms with van der Waals surface area (Å²) in [7, 11) is 1.92. The number of hydrogen-bond acceptors (Lipinski definition) is 5. The molecule has 0 aliphatic heterocycles. The number of benzene rings is 1. The minimum absolute atomic E-state index is 0.155. The van der Waals surface area contributed by atoms with Crippen molar-refractivity contribution in [3.63, 3.8) is 0 Å². The van der Waals surface area contributed by atoms with Gasteiger partial charge in [-0.15, -0.1) is 11.8 Å². The molecule has 1 unspecified atom stereocenters. The van der Waals surface area contributed by atoms with Crippen molar-refractivity contribution < 1.29 is 14.3 Å². The lowest BCUT2D eigenvalue weighted by atomic mass is 10.1. The van der Waals surface area contributed by atoms with Gasteiger partial charge in [-0.2, -0.15) is 0 Å². The fraction of sp³-hybridized carbons (Fsp3) is 0.562. The average molecular weight is 311 g/mol. The molecule has 0 aliphatic carbocycles. The maximum Gasteiger partial charge on any atom is 0.315 e. The zero-order valence-electron chi connectivity index (χ0n) is 13.2. The van der Waals surface area contributed by atoms with Gasteiger partial charge in [-0.25, -0.2) is 0 Å². The molecule has 0 fully saturated rings. The van der Waals surface area contributed by atoms with E-state index in [0.29, 0.717) is 12.4 Å². The van der Waals surface area contributed by atoms with Gasteiger partial charge >= 0.3 is 5.97 Å². The first-order valence-electron chi connectivity index (χ1n) is 7.24. The van der Waals surface area contributed by atoms with Crippen LogP contribution in [0.4, 0.5) is 0 Å². The molecule has 0 saturated heterocycles. The first-order valence-corrected chi connectivity index (χ1v) is 8.39. The van der Waals surface area contributed by atoms with Crippen molar-refractivity contribution >= 4 is 17.7 Å². The molecule has 1 aromatic carbocycles. The van der Waals surface area contributed by atoms with Crippen LogP contribution in [-0.4, -0.2) is 37.2 Å². The van der Waals surface area contributed by atoms with Crippen LogP contribution in [0.25, 0.3) is 0 Å². The highest BCUT2D eigenvalue weighted by molar-refractivity contribution is 7.99. The maximum atomic E-state index is 11.3. The summed E-state index contributed by atoms with van der Waals surface area (Å²) in [5.74, 6) is 1.93. The van der Waals surface area contributed by atoms with Gasteiger partial charge < -0.3 is 14.8 Å². The average Bonchev–Trinajstić information content (AvgIpc) is 2.44. The third-order valence-electron chi connectivity index (χ3n) is 2.81. The van der Waals surface area contributed by atoms with Crippen molar-refractivity contribution in [2.24, 2.45) is 0 Å². The minimum atomic E-state index is -0.155. The molecule has 1 rings (SSSR count). The Kier molecular flexibility index (Phi) is 8.23. The van der Waals surface area contributed by atoms with Crippen LogP contribution >= 0.6 is 11.8 Å². The van der Waals surface area contributed by atoms with Crippen LogP contribution in [0.5, 0.6) is 5.75 Å². The summed E-state index contributed by atoms with van der Waals surface area (Å²) < 4.78 is 10.6. The van der Waals surface area contributed by atoms with E-state index in [1.807, 2.05) is 40.0 Å². The highest BCUT2D eigenvalue weighted by atomic mass is 32.2. The molecule has 1 atom stereocenters. The van der Waals surface area contributed by atoms with Crippen LogP contribution in [0.15, 0.2) is 24.3 Å². The number of esters is 1. The van der Waals surface area contributed by atoms with Gasteiger partial charge in [0.1, 0.15) is 5.75 Å². The molecule has 0 aliphatic rings. The van der Waals surface area contributed by atoms with E-state index in [4.69, 9.17) is 9.47 Å². The Bertz CT molecular complexity index is 420. The Morgan fingerprint density at radius 1 is 1.29 bits per heavy atom. The molecule has 0 bridgehead atoms. The largest absolute Gasteiger partial charge is 0.491 e. The zero-order valence-corrected chi connectivity index (χ0v) is 14.0. The lowest BCUT2D eigenvalue weighted by molar-refractivity contribution is -0.139.